The first-order chi connectivity index (χ1) is 9.52. The molecule has 0 saturated carbocycles. The molecule has 0 amide bonds. The lowest BCUT2D eigenvalue weighted by Gasteiger charge is -2.36. The summed E-state index contributed by atoms with van der Waals surface area (Å²) in [6, 6.07) is 5.85. The molecule has 110 valence electrons. The molecule has 5 heteroatoms. The van der Waals surface area contributed by atoms with Crippen molar-refractivity contribution in [1.82, 2.24) is 0 Å². The number of hydrogen-bond acceptors (Lipinski definition) is 3. The largest absolute Gasteiger partial charge is 0.409 e. The molecule has 0 spiro atoms. The molecule has 4 nitrogen and oxygen atoms in total. The third-order valence-electron chi connectivity index (χ3n) is 4.17. The summed E-state index contributed by atoms with van der Waals surface area (Å²) in [4.78, 5) is 2.33. The number of amidine groups is 1. The molecule has 3 N–H and O–H groups in total. The highest BCUT2D eigenvalue weighted by Gasteiger charge is 2.23. The maximum atomic E-state index is 8.93. The predicted octanol–water partition coefficient (Wildman–Crippen LogP) is 3.42. The van der Waals surface area contributed by atoms with Gasteiger partial charge >= 0.3 is 0 Å². The average molecular weight is 340 g/mol. The van der Waals surface area contributed by atoms with Gasteiger partial charge < -0.3 is 15.8 Å². The number of halogens is 1. The van der Waals surface area contributed by atoms with Gasteiger partial charge in [-0.1, -0.05) is 34.9 Å². The number of piperidine rings is 1. The Kier molecular flexibility index (Phi) is 4.91. The van der Waals surface area contributed by atoms with Crippen LogP contribution in [0.25, 0.3) is 0 Å². The van der Waals surface area contributed by atoms with E-state index in [1.165, 1.54) is 12.8 Å². The predicted molar refractivity (Wildman–Crippen MR) is 86.4 cm³/mol. The summed E-state index contributed by atoms with van der Waals surface area (Å²) in [5, 5.41) is 12.1. The molecule has 1 aromatic rings. The zero-order valence-corrected chi connectivity index (χ0v) is 13.6. The number of anilines is 1. The second-order valence-electron chi connectivity index (χ2n) is 5.72. The van der Waals surface area contributed by atoms with E-state index in [1.54, 1.807) is 0 Å². The van der Waals surface area contributed by atoms with Gasteiger partial charge in [-0.05, 0) is 42.9 Å². The quantitative estimate of drug-likeness (QED) is 0.384. The summed E-state index contributed by atoms with van der Waals surface area (Å²) in [6.07, 6.45) is 2.39. The van der Waals surface area contributed by atoms with Crippen LogP contribution in [0.15, 0.2) is 27.8 Å². The third kappa shape index (κ3) is 3.26. The van der Waals surface area contributed by atoms with Crippen molar-refractivity contribution in [3.63, 3.8) is 0 Å². The van der Waals surface area contributed by atoms with Gasteiger partial charge in [-0.3, -0.25) is 0 Å². The Labute approximate surface area is 128 Å². The van der Waals surface area contributed by atoms with Crippen LogP contribution in [0.4, 0.5) is 5.69 Å². The molecule has 0 atom stereocenters. The lowest BCUT2D eigenvalue weighted by molar-refractivity contribution is 0.311. The second kappa shape index (κ2) is 6.48. The average Bonchev–Trinajstić information content (AvgIpc) is 2.46. The van der Waals surface area contributed by atoms with E-state index in [0.717, 1.165) is 40.6 Å². The summed E-state index contributed by atoms with van der Waals surface area (Å²) < 4.78 is 1.01. The number of nitrogens with zero attached hydrogens (tertiary/aromatic N) is 2. The Hall–Kier alpha value is -1.23. The van der Waals surface area contributed by atoms with E-state index < -0.39 is 0 Å². The topological polar surface area (TPSA) is 61.8 Å². The van der Waals surface area contributed by atoms with E-state index >= 15 is 0 Å². The van der Waals surface area contributed by atoms with Crippen molar-refractivity contribution in [2.75, 3.05) is 18.0 Å². The molecule has 1 aliphatic rings. The number of hydrogen-bond donors (Lipinski definition) is 2. The van der Waals surface area contributed by atoms with Crippen LogP contribution in [0.5, 0.6) is 0 Å². The highest BCUT2D eigenvalue weighted by Crippen LogP contribution is 2.31. The van der Waals surface area contributed by atoms with Crippen molar-refractivity contribution in [1.29, 1.82) is 0 Å². The van der Waals surface area contributed by atoms with Gasteiger partial charge in [0.2, 0.25) is 0 Å². The lowest BCUT2D eigenvalue weighted by Crippen LogP contribution is -2.36. The van der Waals surface area contributed by atoms with E-state index in [4.69, 9.17) is 10.9 Å². The Bertz CT molecular complexity index is 494. The van der Waals surface area contributed by atoms with Gasteiger partial charge in [-0.2, -0.15) is 0 Å². The van der Waals surface area contributed by atoms with Gasteiger partial charge in [0.1, 0.15) is 0 Å². The van der Waals surface area contributed by atoms with E-state index in [2.05, 4.69) is 39.8 Å². The molecule has 0 aromatic heterocycles. The highest BCUT2D eigenvalue weighted by molar-refractivity contribution is 9.10. The fourth-order valence-electron chi connectivity index (χ4n) is 2.84. The zero-order valence-electron chi connectivity index (χ0n) is 12.0. The second-order valence-corrected chi connectivity index (χ2v) is 6.63. The lowest BCUT2D eigenvalue weighted by atomic mass is 9.86. The summed E-state index contributed by atoms with van der Waals surface area (Å²) in [5.41, 5.74) is 7.61. The Balaban J connectivity index is 2.23. The molecule has 20 heavy (non-hydrogen) atoms. The summed E-state index contributed by atoms with van der Waals surface area (Å²) in [6.45, 7) is 6.62. The van der Waals surface area contributed by atoms with Crippen LogP contribution in [0.2, 0.25) is 0 Å². The van der Waals surface area contributed by atoms with Gasteiger partial charge in [0, 0.05) is 28.8 Å². The minimum Gasteiger partial charge on any atom is -0.409 e. The molecule has 0 radical (unpaired) electrons. The smallest absolute Gasteiger partial charge is 0.172 e. The van der Waals surface area contributed by atoms with Crippen molar-refractivity contribution in [2.24, 2.45) is 22.7 Å². The molecular formula is C15H22BrN3O. The minimum atomic E-state index is 0.165. The number of nitrogens with two attached hydrogens (primary N) is 1. The van der Waals surface area contributed by atoms with Crippen molar-refractivity contribution < 1.29 is 5.21 Å². The molecule has 1 aromatic carbocycles. The van der Waals surface area contributed by atoms with E-state index in [0.29, 0.717) is 0 Å². The molecule has 0 unspecified atom stereocenters. The van der Waals surface area contributed by atoms with Crippen LogP contribution < -0.4 is 10.6 Å². The monoisotopic (exact) mass is 339 g/mol. The van der Waals surface area contributed by atoms with Crippen molar-refractivity contribution in [3.8, 4) is 0 Å². The van der Waals surface area contributed by atoms with Crippen molar-refractivity contribution in [2.45, 2.75) is 26.7 Å². The molecule has 1 fully saturated rings. The van der Waals surface area contributed by atoms with E-state index in [1.807, 2.05) is 18.2 Å². The molecular weight excluding hydrogens is 318 g/mol. The Morgan fingerprint density at radius 3 is 2.60 bits per heavy atom. The van der Waals surface area contributed by atoms with Crippen LogP contribution in [0, 0.1) is 11.8 Å². The van der Waals surface area contributed by atoms with Crippen LogP contribution in [0.3, 0.4) is 0 Å². The normalized spacial score (nSPS) is 17.8. The Morgan fingerprint density at radius 1 is 1.40 bits per heavy atom. The van der Waals surface area contributed by atoms with Crippen LogP contribution in [-0.2, 0) is 0 Å². The standard InChI is InChI=1S/C15H22BrN3O/c1-10(2)11-5-7-19(8-6-11)14-9-12(16)3-4-13(14)15(17)18-20/h3-4,9-11,20H,5-8H2,1-2H3,(H2,17,18). The number of benzene rings is 1. The molecule has 1 aliphatic heterocycles. The Morgan fingerprint density at radius 2 is 2.05 bits per heavy atom. The zero-order chi connectivity index (χ0) is 14.7. The van der Waals surface area contributed by atoms with Crippen LogP contribution >= 0.6 is 15.9 Å². The maximum absolute atomic E-state index is 8.93. The van der Waals surface area contributed by atoms with Crippen molar-refractivity contribution in [3.05, 3.63) is 28.2 Å². The first kappa shape index (κ1) is 15.2. The molecule has 1 heterocycles. The first-order valence-corrected chi connectivity index (χ1v) is 7.84. The van der Waals surface area contributed by atoms with Crippen LogP contribution in [0.1, 0.15) is 32.3 Å². The van der Waals surface area contributed by atoms with Gasteiger partial charge in [-0.15, -0.1) is 0 Å². The summed E-state index contributed by atoms with van der Waals surface area (Å²) >= 11 is 3.50. The van der Waals surface area contributed by atoms with Gasteiger partial charge in [-0.25, -0.2) is 0 Å². The number of rotatable bonds is 3. The maximum Gasteiger partial charge on any atom is 0.172 e. The fourth-order valence-corrected chi connectivity index (χ4v) is 3.19. The van der Waals surface area contributed by atoms with Gasteiger partial charge in [0.15, 0.2) is 5.84 Å². The molecule has 0 aliphatic carbocycles. The van der Waals surface area contributed by atoms with Crippen LogP contribution in [-0.4, -0.2) is 24.1 Å². The third-order valence-corrected chi connectivity index (χ3v) is 4.66. The van der Waals surface area contributed by atoms with Gasteiger partial charge in [0.25, 0.3) is 0 Å². The SMILES string of the molecule is CC(C)C1CCN(c2cc(Br)ccc2/C(N)=N/O)CC1. The van der Waals surface area contributed by atoms with Gasteiger partial charge in [0.05, 0.1) is 0 Å². The summed E-state index contributed by atoms with van der Waals surface area (Å²) in [5.74, 6) is 1.70. The molecule has 1 saturated heterocycles. The highest BCUT2D eigenvalue weighted by atomic mass is 79.9. The summed E-state index contributed by atoms with van der Waals surface area (Å²) in [7, 11) is 0. The van der Waals surface area contributed by atoms with E-state index in [-0.39, 0.29) is 5.84 Å². The first-order valence-electron chi connectivity index (χ1n) is 7.05. The molecule has 2 rings (SSSR count). The number of oxime groups is 1. The van der Waals surface area contributed by atoms with E-state index in [9.17, 15) is 0 Å². The van der Waals surface area contributed by atoms with Crippen molar-refractivity contribution >= 4 is 27.5 Å². The molecule has 0 bridgehead atoms. The minimum absolute atomic E-state index is 0.165. The fraction of sp³-hybridized carbons (Fsp3) is 0.533.